The van der Waals surface area contributed by atoms with Crippen molar-refractivity contribution in [3.05, 3.63) is 58.0 Å². The number of rotatable bonds is 6. The Bertz CT molecular complexity index is 566. The van der Waals surface area contributed by atoms with E-state index in [2.05, 4.69) is 10.2 Å². The Kier molecular flexibility index (Phi) is 5.47. The summed E-state index contributed by atoms with van der Waals surface area (Å²) in [6.45, 7) is 0.840. The van der Waals surface area contributed by atoms with Gasteiger partial charge < -0.3 is 10.2 Å². The van der Waals surface area contributed by atoms with Gasteiger partial charge in [0.15, 0.2) is 0 Å². The van der Waals surface area contributed by atoms with Gasteiger partial charge in [-0.2, -0.15) is 0 Å². The first-order valence-corrected chi connectivity index (χ1v) is 7.69. The van der Waals surface area contributed by atoms with E-state index in [1.807, 2.05) is 25.5 Å². The number of nitrogens with one attached hydrogen (secondary N) is 1. The Morgan fingerprint density at radius 1 is 1.29 bits per heavy atom. The van der Waals surface area contributed by atoms with Crippen molar-refractivity contribution in [2.45, 2.75) is 12.5 Å². The summed E-state index contributed by atoms with van der Waals surface area (Å²) in [5.41, 5.74) is 0.920. The molecule has 1 heterocycles. The summed E-state index contributed by atoms with van der Waals surface area (Å²) >= 11 is 1.41. The van der Waals surface area contributed by atoms with E-state index in [1.165, 1.54) is 23.5 Å². The molecule has 0 radical (unpaired) electrons. The Morgan fingerprint density at radius 2 is 2.00 bits per heavy atom. The van der Waals surface area contributed by atoms with Crippen LogP contribution < -0.4 is 5.32 Å². The third-order valence-electron chi connectivity index (χ3n) is 3.19. The molecule has 112 valence electrons. The molecule has 0 saturated carbocycles. The molecule has 1 aromatic carbocycles. The lowest BCUT2D eigenvalue weighted by atomic mass is 10.0. The highest BCUT2D eigenvalue weighted by molar-refractivity contribution is 7.12. The second-order valence-corrected chi connectivity index (χ2v) is 6.09. The average molecular weight is 306 g/mol. The largest absolute Gasteiger partial charge is 0.344 e. The molecule has 5 heteroatoms. The lowest BCUT2D eigenvalue weighted by Gasteiger charge is -2.21. The van der Waals surface area contributed by atoms with Gasteiger partial charge in [0.05, 0.1) is 10.9 Å². The van der Waals surface area contributed by atoms with E-state index < -0.39 is 0 Å². The molecule has 0 fully saturated rings. The maximum atomic E-state index is 13.1. The van der Waals surface area contributed by atoms with Crippen LogP contribution >= 0.6 is 11.3 Å². The fourth-order valence-corrected chi connectivity index (χ4v) is 2.67. The molecule has 1 unspecified atom stereocenters. The van der Waals surface area contributed by atoms with Gasteiger partial charge in [-0.3, -0.25) is 4.79 Å². The number of carbonyl (C=O) groups excluding carboxylic acids is 1. The number of carbonyl (C=O) groups is 1. The smallest absolute Gasteiger partial charge is 0.261 e. The molecule has 0 saturated heterocycles. The molecule has 2 rings (SSSR count). The SMILES string of the molecule is CN(C)CCC(NC(=O)c1cccs1)c1ccc(F)cc1. The van der Waals surface area contributed by atoms with Gasteiger partial charge in [0.1, 0.15) is 5.82 Å². The highest BCUT2D eigenvalue weighted by atomic mass is 32.1. The summed E-state index contributed by atoms with van der Waals surface area (Å²) in [6.07, 6.45) is 0.774. The molecular weight excluding hydrogens is 287 g/mol. The van der Waals surface area contributed by atoms with Crippen LogP contribution in [0.1, 0.15) is 27.7 Å². The zero-order chi connectivity index (χ0) is 15.2. The molecule has 2 aromatic rings. The van der Waals surface area contributed by atoms with Crippen LogP contribution in [0.3, 0.4) is 0 Å². The van der Waals surface area contributed by atoms with Crippen LogP contribution in [0.4, 0.5) is 4.39 Å². The first-order valence-electron chi connectivity index (χ1n) is 6.81. The number of thiophene rings is 1. The van der Waals surface area contributed by atoms with Crippen molar-refractivity contribution in [2.24, 2.45) is 0 Å². The highest BCUT2D eigenvalue weighted by Gasteiger charge is 2.16. The monoisotopic (exact) mass is 306 g/mol. The minimum atomic E-state index is -0.269. The Morgan fingerprint density at radius 3 is 2.57 bits per heavy atom. The van der Waals surface area contributed by atoms with E-state index in [-0.39, 0.29) is 17.8 Å². The fraction of sp³-hybridized carbons (Fsp3) is 0.312. The van der Waals surface area contributed by atoms with Crippen molar-refractivity contribution in [3.63, 3.8) is 0 Å². The number of benzene rings is 1. The molecule has 0 bridgehead atoms. The maximum Gasteiger partial charge on any atom is 0.261 e. The quantitative estimate of drug-likeness (QED) is 0.888. The normalized spacial score (nSPS) is 12.4. The van der Waals surface area contributed by atoms with E-state index >= 15 is 0 Å². The Balaban J connectivity index is 2.11. The Labute approximate surface area is 128 Å². The second kappa shape index (κ2) is 7.33. The number of hydrogen-bond donors (Lipinski definition) is 1. The van der Waals surface area contributed by atoms with Crippen molar-refractivity contribution in [1.29, 1.82) is 0 Å². The van der Waals surface area contributed by atoms with Crippen LogP contribution in [0, 0.1) is 5.82 Å². The van der Waals surface area contributed by atoms with E-state index in [0.29, 0.717) is 4.88 Å². The number of nitrogens with zero attached hydrogens (tertiary/aromatic N) is 1. The van der Waals surface area contributed by atoms with E-state index in [9.17, 15) is 9.18 Å². The van der Waals surface area contributed by atoms with Crippen LogP contribution in [0.15, 0.2) is 41.8 Å². The third kappa shape index (κ3) is 4.65. The third-order valence-corrected chi connectivity index (χ3v) is 4.06. The summed E-state index contributed by atoms with van der Waals surface area (Å²) in [5.74, 6) is -0.354. The molecule has 1 amide bonds. The van der Waals surface area contributed by atoms with Gasteiger partial charge in [-0.15, -0.1) is 11.3 Å². The number of halogens is 1. The average Bonchev–Trinajstić information content (AvgIpc) is 2.98. The van der Waals surface area contributed by atoms with Crippen LogP contribution in [0.25, 0.3) is 0 Å². The van der Waals surface area contributed by atoms with Gasteiger partial charge >= 0.3 is 0 Å². The lowest BCUT2D eigenvalue weighted by molar-refractivity contribution is 0.0937. The zero-order valence-corrected chi connectivity index (χ0v) is 13.0. The van der Waals surface area contributed by atoms with Crippen molar-refractivity contribution in [1.82, 2.24) is 10.2 Å². The summed E-state index contributed by atoms with van der Waals surface area (Å²) in [5, 5.41) is 4.91. The predicted molar refractivity (Wildman–Crippen MR) is 84.1 cm³/mol. The molecule has 1 atom stereocenters. The van der Waals surface area contributed by atoms with Crippen LogP contribution in [0.2, 0.25) is 0 Å². The first kappa shape index (κ1) is 15.7. The van der Waals surface area contributed by atoms with Gasteiger partial charge in [0, 0.05) is 0 Å². The highest BCUT2D eigenvalue weighted by Crippen LogP contribution is 2.19. The van der Waals surface area contributed by atoms with Gasteiger partial charge in [-0.1, -0.05) is 18.2 Å². The first-order chi connectivity index (χ1) is 10.1. The van der Waals surface area contributed by atoms with E-state index in [4.69, 9.17) is 0 Å². The minimum absolute atomic E-state index is 0.0851. The molecule has 21 heavy (non-hydrogen) atoms. The topological polar surface area (TPSA) is 32.3 Å². The van der Waals surface area contributed by atoms with Crippen molar-refractivity contribution >= 4 is 17.2 Å². The fourth-order valence-electron chi connectivity index (χ4n) is 2.04. The Hall–Kier alpha value is -1.72. The van der Waals surface area contributed by atoms with Crippen molar-refractivity contribution < 1.29 is 9.18 Å². The summed E-state index contributed by atoms with van der Waals surface area (Å²) in [4.78, 5) is 15.0. The van der Waals surface area contributed by atoms with Gasteiger partial charge in [-0.25, -0.2) is 4.39 Å². The molecular formula is C16H19FN2OS. The molecule has 0 aliphatic heterocycles. The molecule has 1 N–H and O–H groups in total. The van der Waals surface area contributed by atoms with Gasteiger partial charge in [0.25, 0.3) is 5.91 Å². The van der Waals surface area contributed by atoms with E-state index in [0.717, 1.165) is 18.5 Å². The summed E-state index contributed by atoms with van der Waals surface area (Å²) in [6, 6.07) is 9.84. The van der Waals surface area contributed by atoms with E-state index in [1.54, 1.807) is 18.2 Å². The zero-order valence-electron chi connectivity index (χ0n) is 12.2. The molecule has 1 aromatic heterocycles. The number of hydrogen-bond acceptors (Lipinski definition) is 3. The van der Waals surface area contributed by atoms with Crippen LogP contribution in [0.5, 0.6) is 0 Å². The molecule has 0 spiro atoms. The number of amides is 1. The standard InChI is InChI=1S/C16H19FN2OS/c1-19(2)10-9-14(12-5-7-13(17)8-6-12)18-16(20)15-4-3-11-21-15/h3-8,11,14H,9-10H2,1-2H3,(H,18,20). The van der Waals surface area contributed by atoms with Crippen LogP contribution in [-0.2, 0) is 0 Å². The maximum absolute atomic E-state index is 13.1. The van der Waals surface area contributed by atoms with Crippen molar-refractivity contribution in [3.8, 4) is 0 Å². The van der Waals surface area contributed by atoms with Crippen LogP contribution in [-0.4, -0.2) is 31.4 Å². The molecule has 0 aliphatic rings. The molecule has 0 aliphatic carbocycles. The second-order valence-electron chi connectivity index (χ2n) is 5.15. The van der Waals surface area contributed by atoms with Gasteiger partial charge in [0.2, 0.25) is 0 Å². The minimum Gasteiger partial charge on any atom is -0.344 e. The summed E-state index contributed by atoms with van der Waals surface area (Å²) < 4.78 is 13.1. The van der Waals surface area contributed by atoms with Crippen molar-refractivity contribution in [2.75, 3.05) is 20.6 Å². The summed E-state index contributed by atoms with van der Waals surface area (Å²) in [7, 11) is 3.98. The molecule has 3 nitrogen and oxygen atoms in total. The predicted octanol–water partition coefficient (Wildman–Crippen LogP) is 3.31. The van der Waals surface area contributed by atoms with Gasteiger partial charge in [-0.05, 0) is 56.2 Å². The lowest BCUT2D eigenvalue weighted by Crippen LogP contribution is -2.30.